The minimum atomic E-state index is -0.622. The lowest BCUT2D eigenvalue weighted by Gasteiger charge is -1.98. The van der Waals surface area contributed by atoms with Crippen LogP contribution in [0.1, 0.15) is 11.3 Å². The summed E-state index contributed by atoms with van der Waals surface area (Å²) in [4.78, 5) is 8.47. The van der Waals surface area contributed by atoms with Crippen LogP contribution in [0.4, 0.5) is 4.39 Å². The molecule has 21 heavy (non-hydrogen) atoms. The van der Waals surface area contributed by atoms with E-state index < -0.39 is 5.82 Å². The van der Waals surface area contributed by atoms with Gasteiger partial charge in [-0.15, -0.1) is 0 Å². The molecule has 0 bridgehead atoms. The summed E-state index contributed by atoms with van der Waals surface area (Å²) in [5.74, 6) is -0.241. The zero-order valence-electron chi connectivity index (χ0n) is 11.0. The Morgan fingerprint density at radius 1 is 1.14 bits per heavy atom. The second-order valence-corrected chi connectivity index (χ2v) is 4.36. The average Bonchev–Trinajstić information content (AvgIpc) is 2.96. The lowest BCUT2D eigenvalue weighted by Crippen LogP contribution is -1.90. The van der Waals surface area contributed by atoms with Crippen molar-refractivity contribution in [1.82, 2.24) is 15.1 Å². The molecule has 102 valence electrons. The quantitative estimate of drug-likeness (QED) is 0.720. The first-order valence-corrected chi connectivity index (χ1v) is 6.16. The molecule has 5 nitrogen and oxygen atoms in total. The molecular formula is C15H9FN4O. The lowest BCUT2D eigenvalue weighted by molar-refractivity contribution is 0.431. The van der Waals surface area contributed by atoms with Crippen molar-refractivity contribution in [2.45, 2.75) is 6.92 Å². The van der Waals surface area contributed by atoms with E-state index in [0.717, 1.165) is 5.69 Å². The molecule has 0 fully saturated rings. The molecule has 1 aromatic carbocycles. The van der Waals surface area contributed by atoms with Crippen LogP contribution >= 0.6 is 0 Å². The van der Waals surface area contributed by atoms with Gasteiger partial charge in [-0.05, 0) is 31.2 Å². The predicted octanol–water partition coefficient (Wildman–Crippen LogP) is 3.12. The van der Waals surface area contributed by atoms with E-state index in [1.54, 1.807) is 18.2 Å². The smallest absolute Gasteiger partial charge is 0.259 e. The molecule has 0 radical (unpaired) electrons. The molecule has 6 heteroatoms. The van der Waals surface area contributed by atoms with E-state index in [-0.39, 0.29) is 17.0 Å². The maximum atomic E-state index is 13.6. The van der Waals surface area contributed by atoms with Gasteiger partial charge in [-0.2, -0.15) is 10.2 Å². The second-order valence-electron chi connectivity index (χ2n) is 4.36. The van der Waals surface area contributed by atoms with Gasteiger partial charge in [0.1, 0.15) is 23.1 Å². The summed E-state index contributed by atoms with van der Waals surface area (Å²) >= 11 is 0. The summed E-state index contributed by atoms with van der Waals surface area (Å²) in [6.07, 6.45) is 0. The number of nitriles is 1. The Labute approximate surface area is 119 Å². The molecule has 3 rings (SSSR count). The van der Waals surface area contributed by atoms with Crippen molar-refractivity contribution >= 4 is 0 Å². The van der Waals surface area contributed by atoms with E-state index >= 15 is 0 Å². The van der Waals surface area contributed by atoms with Gasteiger partial charge in [-0.1, -0.05) is 17.3 Å². The zero-order chi connectivity index (χ0) is 14.8. The largest absolute Gasteiger partial charge is 0.334 e. The first-order valence-electron chi connectivity index (χ1n) is 6.16. The number of halogens is 1. The maximum absolute atomic E-state index is 13.6. The first-order chi connectivity index (χ1) is 10.2. The SMILES string of the molecule is Cc1cccc(-c2noc(-c3cccc(F)c3C#N)n2)n1. The van der Waals surface area contributed by atoms with Crippen molar-refractivity contribution in [3.63, 3.8) is 0 Å². The summed E-state index contributed by atoms with van der Waals surface area (Å²) in [5, 5.41) is 12.9. The van der Waals surface area contributed by atoms with Crippen LogP contribution in [-0.4, -0.2) is 15.1 Å². The van der Waals surface area contributed by atoms with E-state index in [2.05, 4.69) is 15.1 Å². The monoisotopic (exact) mass is 280 g/mol. The standard InChI is InChI=1S/C15H9FN4O/c1-9-4-2-7-13(18-9)14-19-15(21-20-14)10-5-3-6-12(16)11(10)8-17/h2-7H,1H3. The number of benzene rings is 1. The van der Waals surface area contributed by atoms with Crippen molar-refractivity contribution in [2.75, 3.05) is 0 Å². The van der Waals surface area contributed by atoms with Crippen molar-refractivity contribution in [3.05, 3.63) is 53.5 Å². The van der Waals surface area contributed by atoms with E-state index in [4.69, 9.17) is 9.78 Å². The van der Waals surface area contributed by atoms with Crippen LogP contribution in [0.2, 0.25) is 0 Å². The van der Waals surface area contributed by atoms with Crippen LogP contribution in [0.25, 0.3) is 23.0 Å². The number of aryl methyl sites for hydroxylation is 1. The van der Waals surface area contributed by atoms with Crippen LogP contribution in [0.15, 0.2) is 40.9 Å². The van der Waals surface area contributed by atoms with Crippen LogP contribution < -0.4 is 0 Å². The molecule has 0 aliphatic carbocycles. The Morgan fingerprint density at radius 2 is 1.95 bits per heavy atom. The summed E-state index contributed by atoms with van der Waals surface area (Å²) in [6, 6.07) is 11.5. The second kappa shape index (κ2) is 5.13. The fourth-order valence-electron chi connectivity index (χ4n) is 1.92. The van der Waals surface area contributed by atoms with Gasteiger partial charge in [-0.25, -0.2) is 9.37 Å². The summed E-state index contributed by atoms with van der Waals surface area (Å²) in [7, 11) is 0. The highest BCUT2D eigenvalue weighted by molar-refractivity contribution is 5.65. The Kier molecular flexibility index (Phi) is 3.16. The van der Waals surface area contributed by atoms with Gasteiger partial charge in [0.15, 0.2) is 0 Å². The van der Waals surface area contributed by atoms with Crippen LogP contribution in [0, 0.1) is 24.1 Å². The Hall–Kier alpha value is -3.07. The highest BCUT2D eigenvalue weighted by Crippen LogP contribution is 2.25. The van der Waals surface area contributed by atoms with Gasteiger partial charge in [0.05, 0.1) is 5.56 Å². The molecule has 0 unspecified atom stereocenters. The van der Waals surface area contributed by atoms with Gasteiger partial charge in [-0.3, -0.25) is 0 Å². The molecule has 0 amide bonds. The molecule has 0 saturated heterocycles. The molecule has 2 heterocycles. The first kappa shape index (κ1) is 12.9. The topological polar surface area (TPSA) is 75.6 Å². The number of nitrogens with zero attached hydrogens (tertiary/aromatic N) is 4. The molecule has 3 aromatic rings. The van der Waals surface area contributed by atoms with Crippen molar-refractivity contribution in [1.29, 1.82) is 5.26 Å². The van der Waals surface area contributed by atoms with E-state index in [9.17, 15) is 4.39 Å². The third kappa shape index (κ3) is 2.37. The summed E-state index contributed by atoms with van der Waals surface area (Å²) in [6.45, 7) is 1.85. The number of aromatic nitrogens is 3. The van der Waals surface area contributed by atoms with Crippen LogP contribution in [-0.2, 0) is 0 Å². The number of hydrogen-bond acceptors (Lipinski definition) is 5. The normalized spacial score (nSPS) is 10.3. The number of hydrogen-bond donors (Lipinski definition) is 0. The fraction of sp³-hybridized carbons (Fsp3) is 0.0667. The highest BCUT2D eigenvalue weighted by atomic mass is 19.1. The third-order valence-electron chi connectivity index (χ3n) is 2.90. The summed E-state index contributed by atoms with van der Waals surface area (Å²) < 4.78 is 18.7. The Morgan fingerprint density at radius 3 is 2.71 bits per heavy atom. The fourth-order valence-corrected chi connectivity index (χ4v) is 1.92. The third-order valence-corrected chi connectivity index (χ3v) is 2.90. The minimum absolute atomic E-state index is 0.0874. The van der Waals surface area contributed by atoms with Crippen molar-refractivity contribution in [2.24, 2.45) is 0 Å². The average molecular weight is 280 g/mol. The zero-order valence-corrected chi connectivity index (χ0v) is 11.0. The van der Waals surface area contributed by atoms with E-state index in [1.807, 2.05) is 19.1 Å². The van der Waals surface area contributed by atoms with Crippen LogP contribution in [0.5, 0.6) is 0 Å². The van der Waals surface area contributed by atoms with Gasteiger partial charge >= 0.3 is 0 Å². The van der Waals surface area contributed by atoms with Crippen LogP contribution in [0.3, 0.4) is 0 Å². The molecular weight excluding hydrogens is 271 g/mol. The van der Waals surface area contributed by atoms with Gasteiger partial charge < -0.3 is 4.52 Å². The molecule has 0 aliphatic heterocycles. The van der Waals surface area contributed by atoms with E-state index in [0.29, 0.717) is 11.5 Å². The van der Waals surface area contributed by atoms with Crippen molar-refractivity contribution < 1.29 is 8.91 Å². The lowest BCUT2D eigenvalue weighted by atomic mass is 10.1. The minimum Gasteiger partial charge on any atom is -0.334 e. The van der Waals surface area contributed by atoms with E-state index in [1.165, 1.54) is 12.1 Å². The molecule has 0 aliphatic rings. The van der Waals surface area contributed by atoms with Gasteiger partial charge in [0.2, 0.25) is 5.82 Å². The molecule has 0 atom stereocenters. The Bertz CT molecular complexity index is 851. The molecule has 2 aromatic heterocycles. The molecule has 0 N–H and O–H groups in total. The number of rotatable bonds is 2. The Balaban J connectivity index is 2.08. The maximum Gasteiger partial charge on any atom is 0.259 e. The molecule has 0 saturated carbocycles. The van der Waals surface area contributed by atoms with Crippen molar-refractivity contribution in [3.8, 4) is 29.0 Å². The highest BCUT2D eigenvalue weighted by Gasteiger charge is 2.17. The van der Waals surface area contributed by atoms with Gasteiger partial charge in [0.25, 0.3) is 5.89 Å². The molecule has 0 spiro atoms. The predicted molar refractivity (Wildman–Crippen MR) is 72.4 cm³/mol. The summed E-state index contributed by atoms with van der Waals surface area (Å²) in [5.41, 5.74) is 1.52. The van der Waals surface area contributed by atoms with Gasteiger partial charge in [0, 0.05) is 5.69 Å². The number of pyridine rings is 1.